The molecule has 0 radical (unpaired) electrons. The molecular weight excluding hydrogens is 721 g/mol. The summed E-state index contributed by atoms with van der Waals surface area (Å²) in [4.78, 5) is 37.8. The minimum absolute atomic E-state index is 0.0933. The van der Waals surface area contributed by atoms with E-state index in [1.807, 2.05) is 36.5 Å². The first-order valence-electron chi connectivity index (χ1n) is 24.3. The Labute approximate surface area is 358 Å². The van der Waals surface area contributed by atoms with Crippen LogP contribution in [-0.4, -0.2) is 37.2 Å². The SMILES string of the molecule is CC\C=C/C=C\C=C/C=C\CCCCCC(=O)OC(COC(=O)CCCCC/C=C\CCCCCCCC)COC(=O)CCCCCCCCCCCCCCCC. The quantitative estimate of drug-likeness (QED) is 0.0201. The van der Waals surface area contributed by atoms with Crippen molar-refractivity contribution in [3.05, 3.63) is 60.8 Å². The number of hydrogen-bond donors (Lipinski definition) is 0. The van der Waals surface area contributed by atoms with Crippen LogP contribution in [0.1, 0.15) is 233 Å². The highest BCUT2D eigenvalue weighted by atomic mass is 16.6. The Bertz CT molecular complexity index is 1070. The minimum Gasteiger partial charge on any atom is -0.462 e. The average Bonchev–Trinajstić information content (AvgIpc) is 3.22. The van der Waals surface area contributed by atoms with Gasteiger partial charge in [0, 0.05) is 19.3 Å². The summed E-state index contributed by atoms with van der Waals surface area (Å²) < 4.78 is 16.7. The monoisotopic (exact) mass is 811 g/mol. The van der Waals surface area contributed by atoms with E-state index >= 15 is 0 Å². The predicted molar refractivity (Wildman–Crippen MR) is 247 cm³/mol. The molecule has 0 spiro atoms. The number of ether oxygens (including phenoxy) is 3. The van der Waals surface area contributed by atoms with Gasteiger partial charge in [0.1, 0.15) is 13.2 Å². The molecule has 58 heavy (non-hydrogen) atoms. The van der Waals surface area contributed by atoms with Gasteiger partial charge in [0.15, 0.2) is 6.10 Å². The van der Waals surface area contributed by atoms with Crippen LogP contribution in [0.4, 0.5) is 0 Å². The van der Waals surface area contributed by atoms with E-state index in [4.69, 9.17) is 14.2 Å². The van der Waals surface area contributed by atoms with Crippen LogP contribution < -0.4 is 0 Å². The number of rotatable bonds is 43. The lowest BCUT2D eigenvalue weighted by Crippen LogP contribution is -2.30. The number of carbonyl (C=O) groups is 3. The van der Waals surface area contributed by atoms with Crippen molar-refractivity contribution in [3.63, 3.8) is 0 Å². The van der Waals surface area contributed by atoms with E-state index in [-0.39, 0.29) is 37.5 Å². The van der Waals surface area contributed by atoms with Crippen LogP contribution in [0.3, 0.4) is 0 Å². The highest BCUT2D eigenvalue weighted by molar-refractivity contribution is 5.71. The first-order valence-corrected chi connectivity index (χ1v) is 24.3. The maximum atomic E-state index is 12.7. The molecule has 0 bridgehead atoms. The molecule has 0 rings (SSSR count). The second-order valence-corrected chi connectivity index (χ2v) is 16.1. The van der Waals surface area contributed by atoms with Gasteiger partial charge in [-0.1, -0.05) is 210 Å². The fourth-order valence-electron chi connectivity index (χ4n) is 6.68. The molecule has 6 heteroatoms. The number of esters is 3. The molecule has 0 N–H and O–H groups in total. The molecule has 0 heterocycles. The lowest BCUT2D eigenvalue weighted by atomic mass is 10.0. The van der Waals surface area contributed by atoms with Gasteiger partial charge in [-0.3, -0.25) is 14.4 Å². The smallest absolute Gasteiger partial charge is 0.306 e. The molecular formula is C52H90O6. The Morgan fingerprint density at radius 2 is 0.690 bits per heavy atom. The van der Waals surface area contributed by atoms with Gasteiger partial charge < -0.3 is 14.2 Å². The summed E-state index contributed by atoms with van der Waals surface area (Å²) in [6.45, 7) is 6.44. The fraction of sp³-hybridized carbons (Fsp3) is 0.750. The molecule has 0 aliphatic carbocycles. The summed E-state index contributed by atoms with van der Waals surface area (Å²) in [5.74, 6) is -0.948. The molecule has 0 saturated heterocycles. The van der Waals surface area contributed by atoms with Gasteiger partial charge in [0.2, 0.25) is 0 Å². The van der Waals surface area contributed by atoms with E-state index < -0.39 is 6.10 Å². The summed E-state index contributed by atoms with van der Waals surface area (Å²) in [5, 5.41) is 0. The molecule has 334 valence electrons. The Morgan fingerprint density at radius 3 is 1.12 bits per heavy atom. The van der Waals surface area contributed by atoms with E-state index in [9.17, 15) is 14.4 Å². The van der Waals surface area contributed by atoms with Crippen molar-refractivity contribution >= 4 is 17.9 Å². The average molecular weight is 811 g/mol. The van der Waals surface area contributed by atoms with Crippen LogP contribution in [0.25, 0.3) is 0 Å². The molecule has 0 aliphatic heterocycles. The van der Waals surface area contributed by atoms with Crippen molar-refractivity contribution in [2.45, 2.75) is 239 Å². The zero-order valence-corrected chi connectivity index (χ0v) is 38.0. The molecule has 0 amide bonds. The molecule has 0 aromatic carbocycles. The zero-order chi connectivity index (χ0) is 42.3. The third-order valence-corrected chi connectivity index (χ3v) is 10.4. The third-order valence-electron chi connectivity index (χ3n) is 10.4. The Morgan fingerprint density at radius 1 is 0.362 bits per heavy atom. The molecule has 0 aromatic rings. The first kappa shape index (κ1) is 55.1. The van der Waals surface area contributed by atoms with Crippen LogP contribution in [0, 0.1) is 0 Å². The maximum Gasteiger partial charge on any atom is 0.306 e. The van der Waals surface area contributed by atoms with E-state index in [1.54, 1.807) is 0 Å². The van der Waals surface area contributed by atoms with Crippen LogP contribution >= 0.6 is 0 Å². The molecule has 6 nitrogen and oxygen atoms in total. The topological polar surface area (TPSA) is 78.9 Å². The van der Waals surface area contributed by atoms with Gasteiger partial charge in [-0.2, -0.15) is 0 Å². The molecule has 0 aromatic heterocycles. The summed E-state index contributed by atoms with van der Waals surface area (Å²) in [6, 6.07) is 0. The lowest BCUT2D eigenvalue weighted by Gasteiger charge is -2.18. The van der Waals surface area contributed by atoms with Crippen molar-refractivity contribution in [3.8, 4) is 0 Å². The van der Waals surface area contributed by atoms with Crippen LogP contribution in [0.15, 0.2) is 60.8 Å². The van der Waals surface area contributed by atoms with Crippen LogP contribution in [-0.2, 0) is 28.6 Å². The van der Waals surface area contributed by atoms with E-state index in [0.717, 1.165) is 77.0 Å². The summed E-state index contributed by atoms with van der Waals surface area (Å²) in [7, 11) is 0. The second-order valence-electron chi connectivity index (χ2n) is 16.1. The molecule has 0 aliphatic rings. The lowest BCUT2D eigenvalue weighted by molar-refractivity contribution is -0.167. The standard InChI is InChI=1S/C52H90O6/c1-4-7-10-13-16-19-22-25-28-30-33-36-39-42-45-51(54)57-48-49(58-52(55)46-43-40-37-34-31-27-24-21-18-15-12-9-6-3)47-56-50(53)44-41-38-35-32-29-26-23-20-17-14-11-8-5-2/h9,12,15,18,21,24,26-27,29,31,49H,4-8,10-11,13-14,16-17,19-20,22-23,25,28,30,32-48H2,1-3H3/b12-9-,18-15-,24-21-,29-26-,31-27-. The van der Waals surface area contributed by atoms with Crippen molar-refractivity contribution in [1.29, 1.82) is 0 Å². The Balaban J connectivity index is 4.45. The largest absolute Gasteiger partial charge is 0.462 e. The first-order chi connectivity index (χ1) is 28.5. The van der Waals surface area contributed by atoms with E-state index in [1.165, 1.54) is 109 Å². The van der Waals surface area contributed by atoms with Crippen molar-refractivity contribution < 1.29 is 28.6 Å². The van der Waals surface area contributed by atoms with Gasteiger partial charge >= 0.3 is 17.9 Å². The van der Waals surface area contributed by atoms with Gasteiger partial charge in [0.25, 0.3) is 0 Å². The summed E-state index contributed by atoms with van der Waals surface area (Å²) >= 11 is 0. The van der Waals surface area contributed by atoms with E-state index in [0.29, 0.717) is 19.3 Å². The Kier molecular flexibility index (Phi) is 44.5. The van der Waals surface area contributed by atoms with Crippen LogP contribution in [0.5, 0.6) is 0 Å². The van der Waals surface area contributed by atoms with Crippen molar-refractivity contribution in [2.24, 2.45) is 0 Å². The van der Waals surface area contributed by atoms with Crippen LogP contribution in [0.2, 0.25) is 0 Å². The zero-order valence-electron chi connectivity index (χ0n) is 38.0. The highest BCUT2D eigenvalue weighted by Gasteiger charge is 2.19. The molecule has 0 fully saturated rings. The van der Waals surface area contributed by atoms with E-state index in [2.05, 4.69) is 45.1 Å². The number of unbranched alkanes of at least 4 members (excludes halogenated alkanes) is 25. The predicted octanol–water partition coefficient (Wildman–Crippen LogP) is 15.7. The Hall–Kier alpha value is -2.89. The normalized spacial score (nSPS) is 12.5. The number of carbonyl (C=O) groups excluding carboxylic acids is 3. The van der Waals surface area contributed by atoms with Gasteiger partial charge in [0.05, 0.1) is 0 Å². The third kappa shape index (κ3) is 44.2. The summed E-state index contributed by atoms with van der Waals surface area (Å²) in [5.41, 5.74) is 0. The minimum atomic E-state index is -0.797. The van der Waals surface area contributed by atoms with Crippen molar-refractivity contribution in [2.75, 3.05) is 13.2 Å². The van der Waals surface area contributed by atoms with Gasteiger partial charge in [-0.15, -0.1) is 0 Å². The van der Waals surface area contributed by atoms with Gasteiger partial charge in [-0.05, 0) is 64.2 Å². The molecule has 1 unspecified atom stereocenters. The number of hydrogen-bond acceptors (Lipinski definition) is 6. The van der Waals surface area contributed by atoms with Gasteiger partial charge in [-0.25, -0.2) is 0 Å². The number of allylic oxidation sites excluding steroid dienone is 10. The molecule has 1 atom stereocenters. The maximum absolute atomic E-state index is 12.7. The van der Waals surface area contributed by atoms with Crippen molar-refractivity contribution in [1.82, 2.24) is 0 Å². The molecule has 0 saturated carbocycles. The summed E-state index contributed by atoms with van der Waals surface area (Å²) in [6.07, 6.45) is 56.3. The highest BCUT2D eigenvalue weighted by Crippen LogP contribution is 2.15. The second kappa shape index (κ2) is 46.8. The fourth-order valence-corrected chi connectivity index (χ4v) is 6.68.